The van der Waals surface area contributed by atoms with Crippen molar-refractivity contribution < 1.29 is 4.79 Å². The number of hydrogen-bond acceptors (Lipinski definition) is 2. The molecular formula is C20H19N3O. The Bertz CT molecular complexity index is 838. The molecule has 0 bridgehead atoms. The van der Waals surface area contributed by atoms with Gasteiger partial charge in [-0.25, -0.2) is 0 Å². The molecule has 1 aliphatic carbocycles. The highest BCUT2D eigenvalue weighted by Crippen LogP contribution is 2.30. The van der Waals surface area contributed by atoms with Crippen molar-refractivity contribution in [2.75, 3.05) is 0 Å². The summed E-state index contributed by atoms with van der Waals surface area (Å²) in [7, 11) is 0. The van der Waals surface area contributed by atoms with Gasteiger partial charge >= 0.3 is 0 Å². The second kappa shape index (κ2) is 6.32. The Hall–Kier alpha value is -2.88. The first-order valence-electron chi connectivity index (χ1n) is 8.24. The zero-order chi connectivity index (χ0) is 16.4. The summed E-state index contributed by atoms with van der Waals surface area (Å²) < 4.78 is 1.87. The topological polar surface area (TPSA) is 46.9 Å². The summed E-state index contributed by atoms with van der Waals surface area (Å²) in [4.78, 5) is 12.5. The molecule has 24 heavy (non-hydrogen) atoms. The molecule has 3 aromatic rings. The number of nitrogens with zero attached hydrogens (tertiary/aromatic N) is 2. The molecule has 0 aliphatic heterocycles. The summed E-state index contributed by atoms with van der Waals surface area (Å²) in [5.74, 6) is -0.0117. The van der Waals surface area contributed by atoms with E-state index in [4.69, 9.17) is 0 Å². The maximum absolute atomic E-state index is 12.5. The lowest BCUT2D eigenvalue weighted by atomic mass is 10.1. The molecule has 0 saturated heterocycles. The van der Waals surface area contributed by atoms with Crippen molar-refractivity contribution in [2.45, 2.75) is 25.4 Å². The number of fused-ring (bicyclic) bond motifs is 1. The van der Waals surface area contributed by atoms with Gasteiger partial charge in [-0.2, -0.15) is 5.10 Å². The first-order valence-corrected chi connectivity index (χ1v) is 8.24. The van der Waals surface area contributed by atoms with Gasteiger partial charge in [0.2, 0.25) is 0 Å². The Labute approximate surface area is 141 Å². The molecule has 4 nitrogen and oxygen atoms in total. The number of rotatable bonds is 4. The molecule has 1 N–H and O–H groups in total. The average Bonchev–Trinajstić information content (AvgIpc) is 3.26. The molecule has 0 saturated carbocycles. The van der Waals surface area contributed by atoms with Crippen molar-refractivity contribution in [1.82, 2.24) is 15.1 Å². The third kappa shape index (κ3) is 2.95. The number of carbonyl (C=O) groups is 1. The fourth-order valence-corrected chi connectivity index (χ4v) is 3.29. The van der Waals surface area contributed by atoms with Crippen LogP contribution in [0.4, 0.5) is 0 Å². The Morgan fingerprint density at radius 1 is 1.12 bits per heavy atom. The van der Waals surface area contributed by atoms with Crippen LogP contribution in [0.5, 0.6) is 0 Å². The molecule has 4 heteroatoms. The highest BCUT2D eigenvalue weighted by atomic mass is 16.1. The van der Waals surface area contributed by atoms with Crippen LogP contribution in [0.25, 0.3) is 0 Å². The lowest BCUT2D eigenvalue weighted by Crippen LogP contribution is -2.27. The van der Waals surface area contributed by atoms with E-state index in [0.717, 1.165) is 18.4 Å². The zero-order valence-electron chi connectivity index (χ0n) is 13.4. The molecular weight excluding hydrogens is 298 g/mol. The molecule has 1 aromatic heterocycles. The van der Waals surface area contributed by atoms with Crippen LogP contribution in [-0.2, 0) is 13.0 Å². The van der Waals surface area contributed by atoms with Crippen LogP contribution in [0.3, 0.4) is 0 Å². The second-order valence-electron chi connectivity index (χ2n) is 6.16. The fraction of sp³-hybridized carbons (Fsp3) is 0.200. The highest BCUT2D eigenvalue weighted by molar-refractivity contribution is 5.94. The van der Waals surface area contributed by atoms with Gasteiger partial charge in [-0.05, 0) is 47.7 Å². The van der Waals surface area contributed by atoms with E-state index in [1.807, 2.05) is 47.3 Å². The van der Waals surface area contributed by atoms with Gasteiger partial charge in [0.1, 0.15) is 0 Å². The third-order valence-corrected chi connectivity index (χ3v) is 4.56. The SMILES string of the molecule is O=C(NC1CCc2ccccc21)c1ccc(Cn2cccn2)cc1. The standard InChI is InChI=1S/C20H19N3O/c24-20(22-19-11-10-16-4-1-2-5-18(16)19)17-8-6-15(7-9-17)14-23-13-3-12-21-23/h1-9,12-13,19H,10-11,14H2,(H,22,24). The first kappa shape index (κ1) is 14.7. The summed E-state index contributed by atoms with van der Waals surface area (Å²) in [5, 5.41) is 7.36. The van der Waals surface area contributed by atoms with E-state index in [9.17, 15) is 4.79 Å². The fourth-order valence-electron chi connectivity index (χ4n) is 3.29. The number of carbonyl (C=O) groups excluding carboxylic acids is 1. The summed E-state index contributed by atoms with van der Waals surface area (Å²) in [6.07, 6.45) is 5.70. The quantitative estimate of drug-likeness (QED) is 0.802. The van der Waals surface area contributed by atoms with Crippen LogP contribution >= 0.6 is 0 Å². The molecule has 1 heterocycles. The van der Waals surface area contributed by atoms with Crippen molar-refractivity contribution in [3.8, 4) is 0 Å². The minimum Gasteiger partial charge on any atom is -0.345 e. The number of aryl methyl sites for hydroxylation is 1. The van der Waals surface area contributed by atoms with Gasteiger partial charge in [-0.15, -0.1) is 0 Å². The molecule has 0 spiro atoms. The molecule has 0 radical (unpaired) electrons. The Kier molecular flexibility index (Phi) is 3.87. The average molecular weight is 317 g/mol. The van der Waals surface area contributed by atoms with E-state index in [1.54, 1.807) is 6.20 Å². The van der Waals surface area contributed by atoms with Crippen molar-refractivity contribution in [3.05, 3.63) is 89.2 Å². The van der Waals surface area contributed by atoms with E-state index >= 15 is 0 Å². The Balaban J connectivity index is 1.43. The van der Waals surface area contributed by atoms with Crippen LogP contribution in [0, 0.1) is 0 Å². The minimum absolute atomic E-state index is 0.0117. The van der Waals surface area contributed by atoms with Gasteiger partial charge in [-0.1, -0.05) is 36.4 Å². The molecule has 1 unspecified atom stereocenters. The number of hydrogen-bond donors (Lipinski definition) is 1. The zero-order valence-corrected chi connectivity index (χ0v) is 13.4. The van der Waals surface area contributed by atoms with Gasteiger partial charge in [0.25, 0.3) is 5.91 Å². The summed E-state index contributed by atoms with van der Waals surface area (Å²) >= 11 is 0. The van der Waals surface area contributed by atoms with Gasteiger partial charge in [0.05, 0.1) is 12.6 Å². The Morgan fingerprint density at radius 2 is 1.96 bits per heavy atom. The smallest absolute Gasteiger partial charge is 0.251 e. The second-order valence-corrected chi connectivity index (χ2v) is 6.16. The largest absolute Gasteiger partial charge is 0.345 e. The van der Waals surface area contributed by atoms with E-state index < -0.39 is 0 Å². The lowest BCUT2D eigenvalue weighted by Gasteiger charge is -2.14. The lowest BCUT2D eigenvalue weighted by molar-refractivity contribution is 0.0936. The van der Waals surface area contributed by atoms with Crippen LogP contribution in [-0.4, -0.2) is 15.7 Å². The van der Waals surface area contributed by atoms with E-state index in [1.165, 1.54) is 11.1 Å². The predicted octanol–water partition coefficient (Wildman–Crippen LogP) is 3.35. The third-order valence-electron chi connectivity index (χ3n) is 4.56. The van der Waals surface area contributed by atoms with E-state index in [-0.39, 0.29) is 11.9 Å². The number of amides is 1. The monoisotopic (exact) mass is 317 g/mol. The molecule has 1 amide bonds. The molecule has 1 atom stereocenters. The first-order chi connectivity index (χ1) is 11.8. The molecule has 4 rings (SSSR count). The van der Waals surface area contributed by atoms with Crippen molar-refractivity contribution in [2.24, 2.45) is 0 Å². The maximum Gasteiger partial charge on any atom is 0.251 e. The van der Waals surface area contributed by atoms with E-state index in [2.05, 4.69) is 28.6 Å². The number of nitrogens with one attached hydrogen (secondary N) is 1. The summed E-state index contributed by atoms with van der Waals surface area (Å²) in [6, 6.07) is 18.1. The van der Waals surface area contributed by atoms with Crippen molar-refractivity contribution in [3.63, 3.8) is 0 Å². The predicted molar refractivity (Wildman–Crippen MR) is 92.7 cm³/mol. The van der Waals surface area contributed by atoms with Crippen molar-refractivity contribution in [1.29, 1.82) is 0 Å². The van der Waals surface area contributed by atoms with Gasteiger partial charge in [0.15, 0.2) is 0 Å². The van der Waals surface area contributed by atoms with Crippen LogP contribution in [0.2, 0.25) is 0 Å². The summed E-state index contributed by atoms with van der Waals surface area (Å²) in [5.41, 5.74) is 4.42. The molecule has 1 aliphatic rings. The van der Waals surface area contributed by atoms with Gasteiger partial charge in [-0.3, -0.25) is 9.48 Å². The normalized spacial score (nSPS) is 15.9. The van der Waals surface area contributed by atoms with Crippen LogP contribution < -0.4 is 5.32 Å². The van der Waals surface area contributed by atoms with Crippen LogP contribution in [0.1, 0.15) is 39.5 Å². The molecule has 2 aromatic carbocycles. The number of aromatic nitrogens is 2. The number of benzene rings is 2. The highest BCUT2D eigenvalue weighted by Gasteiger charge is 2.23. The van der Waals surface area contributed by atoms with Crippen LogP contribution in [0.15, 0.2) is 67.0 Å². The van der Waals surface area contributed by atoms with Crippen molar-refractivity contribution >= 4 is 5.91 Å². The minimum atomic E-state index is -0.0117. The molecule has 120 valence electrons. The maximum atomic E-state index is 12.5. The van der Waals surface area contributed by atoms with E-state index in [0.29, 0.717) is 12.1 Å². The van der Waals surface area contributed by atoms with Gasteiger partial charge in [0, 0.05) is 18.0 Å². The summed E-state index contributed by atoms with van der Waals surface area (Å²) in [6.45, 7) is 0.713. The Morgan fingerprint density at radius 3 is 2.75 bits per heavy atom. The molecule has 0 fully saturated rings. The van der Waals surface area contributed by atoms with Gasteiger partial charge < -0.3 is 5.32 Å².